The van der Waals surface area contributed by atoms with Crippen LogP contribution in [0.25, 0.3) is 0 Å². The van der Waals surface area contributed by atoms with Crippen LogP contribution in [0.5, 0.6) is 0 Å². The number of phosphoric ester groups is 2. The highest BCUT2D eigenvalue weighted by Gasteiger charge is 2.29. The van der Waals surface area contributed by atoms with Gasteiger partial charge in [0.2, 0.25) is 0 Å². The second kappa shape index (κ2) is 89.0. The number of aliphatic hydroxyl groups is 2. The molecule has 5 atom stereocenters. The molecule has 0 saturated heterocycles. The highest BCUT2D eigenvalue weighted by molar-refractivity contribution is 7.47. The van der Waals surface area contributed by atoms with Crippen molar-refractivity contribution in [1.82, 2.24) is 0 Å². The van der Waals surface area contributed by atoms with E-state index in [9.17, 15) is 43.5 Å². The first kappa shape index (κ1) is 111. The van der Waals surface area contributed by atoms with E-state index in [0.717, 1.165) is 148 Å². The van der Waals surface area contributed by atoms with Crippen LogP contribution in [0, 0.1) is 0 Å². The number of esters is 3. The molecule has 4 N–H and O–H groups in total. The summed E-state index contributed by atoms with van der Waals surface area (Å²) in [5.41, 5.74) is 0. The summed E-state index contributed by atoms with van der Waals surface area (Å²) in [5.74, 6) is -1.58. The molecule has 0 fully saturated rings. The number of ether oxygens (including phenoxy) is 3. The number of phosphoric acid groups is 2. The fraction of sp³-hybridized carbons (Fsp3) is 0.742. The average molecular weight is 1650 g/mol. The van der Waals surface area contributed by atoms with Crippen molar-refractivity contribution in [3.63, 3.8) is 0 Å². The smallest absolute Gasteiger partial charge is 0.463 e. The lowest BCUT2D eigenvalue weighted by Crippen LogP contribution is -2.30. The summed E-state index contributed by atoms with van der Waals surface area (Å²) >= 11 is 0. The van der Waals surface area contributed by atoms with Gasteiger partial charge in [0.05, 0.1) is 26.4 Å². The van der Waals surface area contributed by atoms with E-state index >= 15 is 0 Å². The number of unbranched alkanes of at least 4 members (excludes halogenated alkanes) is 43. The number of rotatable bonds is 88. The topological polar surface area (TPSA) is 231 Å². The molecule has 18 heteroatoms. The van der Waals surface area contributed by atoms with Gasteiger partial charge in [0.15, 0.2) is 6.10 Å². The molecule has 5 unspecified atom stereocenters. The molecule has 0 aromatic heterocycles. The maximum atomic E-state index is 13.0. The molecule has 0 amide bonds. The fourth-order valence-corrected chi connectivity index (χ4v) is 14.3. The van der Waals surface area contributed by atoms with Crippen molar-refractivity contribution < 1.29 is 75.8 Å². The van der Waals surface area contributed by atoms with Crippen molar-refractivity contribution >= 4 is 33.6 Å². The summed E-state index contributed by atoms with van der Waals surface area (Å²) in [4.78, 5) is 59.0. The van der Waals surface area contributed by atoms with Gasteiger partial charge in [-0.3, -0.25) is 32.5 Å². The molecule has 0 aromatic rings. The number of hydrogen-bond donors (Lipinski definition) is 4. The van der Waals surface area contributed by atoms with Crippen LogP contribution in [0.3, 0.4) is 0 Å². The molecule has 0 saturated carbocycles. The second-order valence-electron chi connectivity index (χ2n) is 31.1. The van der Waals surface area contributed by atoms with Crippen molar-refractivity contribution in [3.05, 3.63) is 134 Å². The SMILES string of the molecule is CCCCC/C=C\C/C=C\C/C=C\C/C=C\CCCCCCCCCCCCCCCCCCCCCC(=O)OCC(O)COP(=O)(O)OCC(O)COP(=O)(O)OCC(COC(=O)CCCCCCCCCCC/C=C\C/C=C\C/C=C\C/C=C\CCCCC)OC(=O)CCCCCCCC/C=C\C/C=C\C/C=C\CCCCC. The van der Waals surface area contributed by atoms with Crippen molar-refractivity contribution in [2.75, 3.05) is 39.6 Å². The third-order valence-corrected chi connectivity index (χ3v) is 21.7. The zero-order chi connectivity index (χ0) is 83.6. The van der Waals surface area contributed by atoms with E-state index in [1.807, 2.05) is 0 Å². The predicted molar refractivity (Wildman–Crippen MR) is 482 cm³/mol. The third kappa shape index (κ3) is 90.3. The summed E-state index contributed by atoms with van der Waals surface area (Å²) in [5, 5.41) is 20.7. The number of hydrogen-bond acceptors (Lipinski definition) is 14. The highest BCUT2D eigenvalue weighted by Crippen LogP contribution is 2.45. The van der Waals surface area contributed by atoms with E-state index in [1.165, 1.54) is 199 Å². The summed E-state index contributed by atoms with van der Waals surface area (Å²) in [6.45, 7) is 2.63. The Bertz CT molecular complexity index is 2620. The van der Waals surface area contributed by atoms with E-state index in [0.29, 0.717) is 19.3 Å². The fourth-order valence-electron chi connectivity index (χ4n) is 12.7. The molecule has 664 valence electrons. The minimum absolute atomic E-state index is 0.0870. The predicted octanol–water partition coefficient (Wildman–Crippen LogP) is 28.6. The number of carbonyl (C=O) groups excluding carboxylic acids is 3. The van der Waals surface area contributed by atoms with Crippen LogP contribution in [-0.2, 0) is 55.8 Å². The van der Waals surface area contributed by atoms with Gasteiger partial charge in [-0.25, -0.2) is 9.13 Å². The zero-order valence-electron chi connectivity index (χ0n) is 73.2. The van der Waals surface area contributed by atoms with Gasteiger partial charge in [-0.05, 0) is 148 Å². The van der Waals surface area contributed by atoms with E-state index in [1.54, 1.807) is 0 Å². The Kier molecular flexibility index (Phi) is 85.6. The van der Waals surface area contributed by atoms with Crippen molar-refractivity contribution in [2.24, 2.45) is 0 Å². The molecule has 0 aliphatic heterocycles. The first-order chi connectivity index (χ1) is 56.2. The summed E-state index contributed by atoms with van der Waals surface area (Å²) in [6, 6.07) is 0. The molecular weight excluding hydrogens is 1480 g/mol. The maximum Gasteiger partial charge on any atom is 0.472 e. The monoisotopic (exact) mass is 1650 g/mol. The maximum absolute atomic E-state index is 13.0. The minimum Gasteiger partial charge on any atom is -0.463 e. The molecule has 0 aromatic carbocycles. The van der Waals surface area contributed by atoms with Crippen LogP contribution < -0.4 is 0 Å². The lowest BCUT2D eigenvalue weighted by Gasteiger charge is -2.21. The van der Waals surface area contributed by atoms with E-state index in [2.05, 4.69) is 154 Å². The van der Waals surface area contributed by atoms with Crippen LogP contribution in [0.1, 0.15) is 406 Å². The van der Waals surface area contributed by atoms with Crippen LogP contribution in [-0.4, -0.2) is 95.9 Å². The average Bonchev–Trinajstić information content (AvgIpc) is 0.902. The summed E-state index contributed by atoms with van der Waals surface area (Å²) in [7, 11) is -9.81. The Morgan fingerprint density at radius 2 is 0.435 bits per heavy atom. The van der Waals surface area contributed by atoms with Crippen LogP contribution in [0.2, 0.25) is 0 Å². The lowest BCUT2D eigenvalue weighted by molar-refractivity contribution is -0.161. The van der Waals surface area contributed by atoms with Gasteiger partial charge >= 0.3 is 33.6 Å². The van der Waals surface area contributed by atoms with E-state index in [-0.39, 0.29) is 19.3 Å². The largest absolute Gasteiger partial charge is 0.472 e. The molecule has 0 aliphatic rings. The van der Waals surface area contributed by atoms with Crippen molar-refractivity contribution in [3.8, 4) is 0 Å². The molecule has 16 nitrogen and oxygen atoms in total. The van der Waals surface area contributed by atoms with Gasteiger partial charge in [-0.1, -0.05) is 373 Å². The zero-order valence-corrected chi connectivity index (χ0v) is 75.0. The quantitative estimate of drug-likeness (QED) is 0.0146. The highest BCUT2D eigenvalue weighted by atomic mass is 31.2. The molecule has 0 rings (SSSR count). The van der Waals surface area contributed by atoms with Gasteiger partial charge in [0, 0.05) is 19.3 Å². The van der Waals surface area contributed by atoms with Gasteiger partial charge in [0.1, 0.15) is 25.4 Å². The molecule has 115 heavy (non-hydrogen) atoms. The van der Waals surface area contributed by atoms with Crippen LogP contribution in [0.15, 0.2) is 134 Å². The van der Waals surface area contributed by atoms with Crippen LogP contribution in [0.4, 0.5) is 0 Å². The summed E-state index contributed by atoms with van der Waals surface area (Å²) < 4.78 is 61.4. The normalized spacial score (nSPS) is 14.4. The minimum atomic E-state index is -4.94. The summed E-state index contributed by atoms with van der Waals surface area (Å²) in [6.07, 6.45) is 111. The number of carbonyl (C=O) groups is 3. The van der Waals surface area contributed by atoms with Gasteiger partial charge < -0.3 is 34.2 Å². The van der Waals surface area contributed by atoms with E-state index < -0.39 is 91.5 Å². The Hall–Kier alpha value is -4.31. The second-order valence-corrected chi connectivity index (χ2v) is 34.0. The standard InChI is InChI=1S/C97H170O16P2/c1-4-7-10-13-16-19-22-25-28-31-34-36-38-40-41-42-43-44-45-46-47-48-49-51-53-54-57-59-62-65-68-71-74-77-80-83-95(100)107-86-92(98)87-109-114(103,104)110-88-93(99)89-111-115(105,106)112-91-94(113-97(102)85-82-79-76-73-70-67-64-61-56-33-30-27-24-21-18-15-12-9-6-3)90-108-96(101)84-81-78-75-72-69-66-63-60-58-55-52-50-39-37-35-32-29-26-23-20-17-14-11-8-5-2/h16-21,25-30,34-37,40-41,50,52,56,61,92-94,98-99H,4-15,22-24,31-33,38-39,42-49,51,53-55,57-60,62-91H2,1-3H3,(H,103,104)(H,105,106)/b19-16-,20-17-,21-18-,28-25-,29-26-,30-27-,36-34-,37-35-,41-40-,52-50-,61-56-. The van der Waals surface area contributed by atoms with Crippen LogP contribution >= 0.6 is 15.6 Å². The van der Waals surface area contributed by atoms with Gasteiger partial charge in [0.25, 0.3) is 0 Å². The molecule has 0 spiro atoms. The van der Waals surface area contributed by atoms with Gasteiger partial charge in [-0.2, -0.15) is 0 Å². The first-order valence-electron chi connectivity index (χ1n) is 46.5. The third-order valence-electron chi connectivity index (χ3n) is 19.8. The van der Waals surface area contributed by atoms with Crippen molar-refractivity contribution in [2.45, 2.75) is 424 Å². The molecule has 0 aliphatic carbocycles. The lowest BCUT2D eigenvalue weighted by atomic mass is 10.0. The first-order valence-corrected chi connectivity index (χ1v) is 49.5. The molecular formula is C97H170O16P2. The number of allylic oxidation sites excluding steroid dienone is 22. The molecule has 0 heterocycles. The molecule has 0 radical (unpaired) electrons. The van der Waals surface area contributed by atoms with Gasteiger partial charge in [-0.15, -0.1) is 0 Å². The van der Waals surface area contributed by atoms with E-state index in [4.69, 9.17) is 32.3 Å². The Labute approximate surface area is 703 Å². The Balaban J connectivity index is 4.50. The Morgan fingerprint density at radius 3 is 0.687 bits per heavy atom. The number of aliphatic hydroxyl groups excluding tert-OH is 2. The molecule has 0 bridgehead atoms. The van der Waals surface area contributed by atoms with Crippen molar-refractivity contribution in [1.29, 1.82) is 0 Å². The Morgan fingerprint density at radius 1 is 0.243 bits per heavy atom.